The van der Waals surface area contributed by atoms with Crippen LogP contribution in [0, 0.1) is 0 Å². The average molecular weight is 725 g/mol. The minimum atomic E-state index is -1.17. The summed E-state index contributed by atoms with van der Waals surface area (Å²) in [6, 6.07) is 45.9. The van der Waals surface area contributed by atoms with E-state index in [1.807, 2.05) is 97.1 Å². The van der Waals surface area contributed by atoms with Gasteiger partial charge in [-0.05, 0) is 93.0 Å². The molecule has 0 spiro atoms. The number of aliphatic carboxylic acids is 1. The van der Waals surface area contributed by atoms with Crippen LogP contribution in [0.4, 0.5) is 4.79 Å². The van der Waals surface area contributed by atoms with Crippen LogP contribution in [-0.4, -0.2) is 44.8 Å². The summed E-state index contributed by atoms with van der Waals surface area (Å²) in [5.41, 5.74) is 11.2. The van der Waals surface area contributed by atoms with E-state index < -0.39 is 18.1 Å². The first kappa shape index (κ1) is 34.9. The van der Waals surface area contributed by atoms with E-state index in [-0.39, 0.29) is 18.9 Å². The van der Waals surface area contributed by atoms with E-state index >= 15 is 0 Å². The SMILES string of the molecule is O=C(N[C@H](Cc1ccc(OCc2ccc(-c3cc(-c4ccccn4)nc(-c4ccccn4)c3)cc2)cc1)C(=O)O)OCC1c2ccccc2-c2ccccc21. The van der Waals surface area contributed by atoms with Crippen LogP contribution in [0.15, 0.2) is 158 Å². The molecule has 1 amide bonds. The molecule has 7 aromatic rings. The number of carbonyl (C=O) groups is 2. The number of hydrogen-bond acceptors (Lipinski definition) is 7. The molecule has 8 rings (SSSR count). The second-order valence-corrected chi connectivity index (χ2v) is 13.3. The van der Waals surface area contributed by atoms with Crippen molar-refractivity contribution in [2.45, 2.75) is 25.0 Å². The van der Waals surface area contributed by atoms with Crippen molar-refractivity contribution in [2.75, 3.05) is 6.61 Å². The normalized spacial score (nSPS) is 12.3. The molecule has 0 saturated heterocycles. The smallest absolute Gasteiger partial charge is 0.407 e. The first-order chi connectivity index (χ1) is 27.0. The van der Waals surface area contributed by atoms with E-state index in [4.69, 9.17) is 14.5 Å². The van der Waals surface area contributed by atoms with Crippen LogP contribution in [-0.2, 0) is 22.6 Å². The van der Waals surface area contributed by atoms with Crippen molar-refractivity contribution in [1.29, 1.82) is 0 Å². The highest BCUT2D eigenvalue weighted by Crippen LogP contribution is 2.44. The summed E-state index contributed by atoms with van der Waals surface area (Å²) in [7, 11) is 0. The summed E-state index contributed by atoms with van der Waals surface area (Å²) in [6.07, 6.45) is 2.82. The highest BCUT2D eigenvalue weighted by atomic mass is 16.5. The Hall–Kier alpha value is -7.13. The Kier molecular flexibility index (Phi) is 10.1. The maximum absolute atomic E-state index is 12.8. The number of benzene rings is 4. The number of aromatic nitrogens is 3. The lowest BCUT2D eigenvalue weighted by Crippen LogP contribution is -2.42. The minimum absolute atomic E-state index is 0.0837. The number of alkyl carbamates (subject to hydrolysis) is 1. The molecule has 1 aliphatic carbocycles. The predicted octanol–water partition coefficient (Wildman–Crippen LogP) is 8.99. The Morgan fingerprint density at radius 1 is 0.636 bits per heavy atom. The molecule has 3 aromatic heterocycles. The lowest BCUT2D eigenvalue weighted by atomic mass is 9.98. The van der Waals surface area contributed by atoms with Gasteiger partial charge in [-0.15, -0.1) is 0 Å². The standard InChI is InChI=1S/C46H36N4O5/c51-45(52)44(50-46(53)55-29-39-37-11-3-1-9-35(37)36-10-2-4-12-38(36)39)25-30-17-21-34(22-18-30)54-28-31-15-19-32(20-16-31)33-26-42(40-13-5-7-23-47-40)49-43(27-33)41-14-6-8-24-48-41/h1-24,26-27,39,44H,25,28-29H2,(H,50,53)(H,51,52)/t44-/m1/s1. The van der Waals surface area contributed by atoms with Crippen LogP contribution < -0.4 is 10.1 Å². The zero-order valence-electron chi connectivity index (χ0n) is 29.7. The van der Waals surface area contributed by atoms with Crippen molar-refractivity contribution >= 4 is 12.1 Å². The first-order valence-corrected chi connectivity index (χ1v) is 18.0. The number of nitrogens with zero attached hydrogens (tertiary/aromatic N) is 3. The Labute approximate surface area is 318 Å². The summed E-state index contributed by atoms with van der Waals surface area (Å²) < 4.78 is 11.7. The number of carboxylic acids is 1. The van der Waals surface area contributed by atoms with E-state index in [2.05, 4.69) is 39.6 Å². The molecule has 0 radical (unpaired) electrons. The molecular formula is C46H36N4O5. The van der Waals surface area contributed by atoms with Gasteiger partial charge < -0.3 is 19.9 Å². The quantitative estimate of drug-likeness (QED) is 0.128. The highest BCUT2D eigenvalue weighted by Gasteiger charge is 2.30. The second kappa shape index (κ2) is 15.9. The molecule has 0 saturated carbocycles. The fraction of sp³-hybridized carbons (Fsp3) is 0.109. The summed E-state index contributed by atoms with van der Waals surface area (Å²) in [6.45, 7) is 0.444. The second-order valence-electron chi connectivity index (χ2n) is 13.3. The van der Waals surface area contributed by atoms with Crippen LogP contribution in [0.2, 0.25) is 0 Å². The van der Waals surface area contributed by atoms with Crippen LogP contribution in [0.3, 0.4) is 0 Å². The van der Waals surface area contributed by atoms with Crippen molar-refractivity contribution in [2.24, 2.45) is 0 Å². The molecule has 9 nitrogen and oxygen atoms in total. The molecule has 1 aliphatic rings. The number of amides is 1. The third kappa shape index (κ3) is 7.96. The third-order valence-corrected chi connectivity index (χ3v) is 9.67. The van der Waals surface area contributed by atoms with E-state index in [1.54, 1.807) is 36.7 Å². The van der Waals surface area contributed by atoms with E-state index in [0.29, 0.717) is 12.4 Å². The van der Waals surface area contributed by atoms with Crippen LogP contribution in [0.25, 0.3) is 45.0 Å². The number of carbonyl (C=O) groups excluding carboxylic acids is 1. The molecule has 0 fully saturated rings. The lowest BCUT2D eigenvalue weighted by Gasteiger charge is -2.18. The molecule has 4 aromatic carbocycles. The molecule has 0 unspecified atom stereocenters. The molecule has 55 heavy (non-hydrogen) atoms. The molecule has 1 atom stereocenters. The van der Waals surface area contributed by atoms with Crippen molar-refractivity contribution in [1.82, 2.24) is 20.3 Å². The molecule has 2 N–H and O–H groups in total. The largest absolute Gasteiger partial charge is 0.489 e. The summed E-state index contributed by atoms with van der Waals surface area (Å²) >= 11 is 0. The molecule has 3 heterocycles. The van der Waals surface area contributed by atoms with Crippen LogP contribution >= 0.6 is 0 Å². The van der Waals surface area contributed by atoms with Crippen molar-refractivity contribution in [3.05, 3.63) is 180 Å². The zero-order chi connectivity index (χ0) is 37.6. The minimum Gasteiger partial charge on any atom is -0.489 e. The first-order valence-electron chi connectivity index (χ1n) is 18.0. The van der Waals surface area contributed by atoms with Gasteiger partial charge in [-0.3, -0.25) is 9.97 Å². The number of fused-ring (bicyclic) bond motifs is 3. The van der Waals surface area contributed by atoms with E-state index in [1.165, 1.54) is 0 Å². The fourth-order valence-corrected chi connectivity index (χ4v) is 6.89. The summed E-state index contributed by atoms with van der Waals surface area (Å²) in [5.74, 6) is -0.631. The van der Waals surface area contributed by atoms with E-state index in [9.17, 15) is 14.7 Å². The van der Waals surface area contributed by atoms with Gasteiger partial charge in [-0.1, -0.05) is 97.1 Å². The Balaban J connectivity index is 0.873. The van der Waals surface area contributed by atoms with Crippen LogP contribution in [0.1, 0.15) is 28.2 Å². The van der Waals surface area contributed by atoms with Crippen molar-refractivity contribution in [3.8, 4) is 50.8 Å². The van der Waals surface area contributed by atoms with Crippen LogP contribution in [0.5, 0.6) is 5.75 Å². The lowest BCUT2D eigenvalue weighted by molar-refractivity contribution is -0.139. The average Bonchev–Trinajstić information content (AvgIpc) is 3.56. The monoisotopic (exact) mass is 724 g/mol. The Morgan fingerprint density at radius 3 is 1.76 bits per heavy atom. The summed E-state index contributed by atoms with van der Waals surface area (Å²) in [4.78, 5) is 38.8. The Morgan fingerprint density at radius 2 is 1.20 bits per heavy atom. The van der Waals surface area contributed by atoms with Gasteiger partial charge in [0.05, 0.1) is 22.8 Å². The topological polar surface area (TPSA) is 124 Å². The maximum Gasteiger partial charge on any atom is 0.407 e. The van der Waals surface area contributed by atoms with Gasteiger partial charge in [0.15, 0.2) is 0 Å². The number of nitrogens with one attached hydrogen (secondary N) is 1. The van der Waals surface area contributed by atoms with Gasteiger partial charge in [-0.2, -0.15) is 0 Å². The molecular weight excluding hydrogens is 689 g/mol. The van der Waals surface area contributed by atoms with E-state index in [0.717, 1.165) is 67.3 Å². The Bertz CT molecular complexity index is 2340. The number of ether oxygens (including phenoxy) is 2. The number of pyridine rings is 3. The third-order valence-electron chi connectivity index (χ3n) is 9.67. The highest BCUT2D eigenvalue weighted by molar-refractivity contribution is 5.81. The van der Waals surface area contributed by atoms with Gasteiger partial charge in [0.25, 0.3) is 0 Å². The summed E-state index contributed by atoms with van der Waals surface area (Å²) in [5, 5.41) is 12.4. The van der Waals surface area contributed by atoms with Gasteiger partial charge >= 0.3 is 12.1 Å². The zero-order valence-corrected chi connectivity index (χ0v) is 29.7. The molecule has 9 heteroatoms. The molecule has 270 valence electrons. The number of carboxylic acid groups (broad SMARTS) is 1. The number of hydrogen-bond donors (Lipinski definition) is 2. The van der Waals surface area contributed by atoms with Crippen molar-refractivity contribution in [3.63, 3.8) is 0 Å². The van der Waals surface area contributed by atoms with Gasteiger partial charge in [-0.25, -0.2) is 14.6 Å². The molecule has 0 aliphatic heterocycles. The fourth-order valence-electron chi connectivity index (χ4n) is 6.89. The maximum atomic E-state index is 12.8. The van der Waals surface area contributed by atoms with Gasteiger partial charge in [0.2, 0.25) is 0 Å². The predicted molar refractivity (Wildman–Crippen MR) is 210 cm³/mol. The van der Waals surface area contributed by atoms with Gasteiger partial charge in [0, 0.05) is 24.7 Å². The van der Waals surface area contributed by atoms with Gasteiger partial charge in [0.1, 0.15) is 25.0 Å². The van der Waals surface area contributed by atoms with Crippen molar-refractivity contribution < 1.29 is 24.2 Å². The molecule has 0 bridgehead atoms. The number of rotatable bonds is 12.